The monoisotopic (exact) mass is 322 g/mol. The minimum absolute atomic E-state index is 0.171. The van der Waals surface area contributed by atoms with Crippen LogP contribution in [0.25, 0.3) is 0 Å². The van der Waals surface area contributed by atoms with Crippen LogP contribution < -0.4 is 4.72 Å². The lowest BCUT2D eigenvalue weighted by molar-refractivity contribution is -0.149. The summed E-state index contributed by atoms with van der Waals surface area (Å²) in [5.74, 6) is -0.709. The molecule has 8 heteroatoms. The van der Waals surface area contributed by atoms with Crippen LogP contribution in [0.1, 0.15) is 39.5 Å². The first-order chi connectivity index (χ1) is 9.86. The van der Waals surface area contributed by atoms with Crippen LogP contribution in [0.5, 0.6) is 0 Å². The third kappa shape index (κ3) is 6.29. The van der Waals surface area contributed by atoms with Crippen LogP contribution in [0.2, 0.25) is 0 Å². The molecular weight excluding hydrogens is 296 g/mol. The quantitative estimate of drug-likeness (QED) is 0.493. The summed E-state index contributed by atoms with van der Waals surface area (Å²) >= 11 is 0. The highest BCUT2D eigenvalue weighted by Gasteiger charge is 2.32. The van der Waals surface area contributed by atoms with Crippen molar-refractivity contribution in [2.45, 2.75) is 45.6 Å². The Morgan fingerprint density at radius 1 is 1.52 bits per heavy atom. The number of piperidine rings is 1. The fourth-order valence-electron chi connectivity index (χ4n) is 2.30. The molecule has 1 heterocycles. The second-order valence-electron chi connectivity index (χ2n) is 5.34. The van der Waals surface area contributed by atoms with Crippen molar-refractivity contribution >= 4 is 16.2 Å². The van der Waals surface area contributed by atoms with Crippen LogP contribution in [-0.2, 0) is 19.7 Å². The van der Waals surface area contributed by atoms with Crippen LogP contribution in [0.15, 0.2) is 0 Å². The zero-order valence-electron chi connectivity index (χ0n) is 12.7. The van der Waals surface area contributed by atoms with Crippen molar-refractivity contribution < 1.29 is 23.1 Å². The van der Waals surface area contributed by atoms with Crippen molar-refractivity contribution in [3.05, 3.63) is 0 Å². The third-order valence-corrected chi connectivity index (χ3v) is 5.01. The predicted octanol–water partition coefficient (Wildman–Crippen LogP) is 0.257. The smallest absolute Gasteiger partial charge is 0.310 e. The molecule has 0 saturated carbocycles. The molecule has 0 amide bonds. The zero-order valence-corrected chi connectivity index (χ0v) is 13.6. The molecule has 2 N–H and O–H groups in total. The van der Waals surface area contributed by atoms with Gasteiger partial charge in [0, 0.05) is 19.6 Å². The van der Waals surface area contributed by atoms with Gasteiger partial charge in [-0.2, -0.15) is 12.7 Å². The van der Waals surface area contributed by atoms with Gasteiger partial charge in [0.25, 0.3) is 10.2 Å². The average molecular weight is 322 g/mol. The molecule has 1 fully saturated rings. The molecule has 0 aromatic rings. The number of hydrogen-bond donors (Lipinski definition) is 2. The first-order valence-corrected chi connectivity index (χ1v) is 8.90. The van der Waals surface area contributed by atoms with Gasteiger partial charge in [0.05, 0.1) is 18.6 Å². The Morgan fingerprint density at radius 3 is 2.86 bits per heavy atom. The molecule has 0 aromatic carbocycles. The van der Waals surface area contributed by atoms with Crippen LogP contribution in [-0.4, -0.2) is 56.1 Å². The van der Waals surface area contributed by atoms with Crippen LogP contribution in [0, 0.1) is 5.92 Å². The van der Waals surface area contributed by atoms with Crippen molar-refractivity contribution in [1.29, 1.82) is 0 Å². The van der Waals surface area contributed by atoms with Gasteiger partial charge in [-0.15, -0.1) is 0 Å². The normalized spacial score (nSPS) is 22.0. The Labute approximate surface area is 126 Å². The molecule has 7 nitrogen and oxygen atoms in total. The lowest BCUT2D eigenvalue weighted by Crippen LogP contribution is -2.47. The largest absolute Gasteiger partial charge is 0.466 e. The zero-order chi connectivity index (χ0) is 15.9. The molecule has 0 aliphatic carbocycles. The van der Waals surface area contributed by atoms with Crippen molar-refractivity contribution in [3.63, 3.8) is 0 Å². The van der Waals surface area contributed by atoms with E-state index in [0.29, 0.717) is 38.8 Å². The van der Waals surface area contributed by atoms with Gasteiger partial charge in [-0.3, -0.25) is 4.79 Å². The second kappa shape index (κ2) is 8.67. The molecule has 21 heavy (non-hydrogen) atoms. The fourth-order valence-corrected chi connectivity index (χ4v) is 3.63. The maximum absolute atomic E-state index is 12.2. The van der Waals surface area contributed by atoms with Gasteiger partial charge in [0.1, 0.15) is 0 Å². The van der Waals surface area contributed by atoms with E-state index >= 15 is 0 Å². The fraction of sp³-hybridized carbons (Fsp3) is 0.923. The number of aliphatic hydroxyl groups is 1. The topological polar surface area (TPSA) is 95.9 Å². The van der Waals surface area contributed by atoms with E-state index < -0.39 is 16.3 Å². The van der Waals surface area contributed by atoms with Crippen LogP contribution >= 0.6 is 0 Å². The van der Waals surface area contributed by atoms with E-state index in [2.05, 4.69) is 4.72 Å². The number of ether oxygens (including phenoxy) is 1. The highest BCUT2D eigenvalue weighted by molar-refractivity contribution is 7.87. The van der Waals surface area contributed by atoms with Crippen molar-refractivity contribution in [1.82, 2.24) is 9.03 Å². The predicted molar refractivity (Wildman–Crippen MR) is 78.8 cm³/mol. The van der Waals surface area contributed by atoms with Gasteiger partial charge in [-0.1, -0.05) is 0 Å². The number of rotatable bonds is 8. The SMILES string of the molecule is CCOC(=O)C1CCCN(S(=O)(=O)NCCCC(C)O)C1. The van der Waals surface area contributed by atoms with Gasteiger partial charge < -0.3 is 9.84 Å². The van der Waals surface area contributed by atoms with E-state index in [9.17, 15) is 13.2 Å². The van der Waals surface area contributed by atoms with Crippen LogP contribution in [0.3, 0.4) is 0 Å². The van der Waals surface area contributed by atoms with Gasteiger partial charge in [-0.25, -0.2) is 4.72 Å². The summed E-state index contributed by atoms with van der Waals surface area (Å²) in [6.07, 6.45) is 2.00. The number of nitrogens with one attached hydrogen (secondary N) is 1. The van der Waals surface area contributed by atoms with Crippen molar-refractivity contribution in [2.75, 3.05) is 26.2 Å². The number of carbonyl (C=O) groups excluding carboxylic acids is 1. The summed E-state index contributed by atoms with van der Waals surface area (Å²) in [5, 5.41) is 9.14. The van der Waals surface area contributed by atoms with Gasteiger partial charge in [-0.05, 0) is 39.5 Å². The third-order valence-electron chi connectivity index (χ3n) is 3.43. The molecule has 2 atom stereocenters. The Hall–Kier alpha value is -0.700. The summed E-state index contributed by atoms with van der Waals surface area (Å²) in [6, 6.07) is 0. The van der Waals surface area contributed by atoms with E-state index in [1.54, 1.807) is 13.8 Å². The minimum Gasteiger partial charge on any atom is -0.466 e. The highest BCUT2D eigenvalue weighted by Crippen LogP contribution is 2.19. The van der Waals surface area contributed by atoms with Crippen molar-refractivity contribution in [3.8, 4) is 0 Å². The maximum atomic E-state index is 12.2. The number of aliphatic hydroxyl groups excluding tert-OH is 1. The van der Waals surface area contributed by atoms with E-state index in [1.165, 1.54) is 4.31 Å². The average Bonchev–Trinajstić information content (AvgIpc) is 2.44. The summed E-state index contributed by atoms with van der Waals surface area (Å²) in [5.41, 5.74) is 0. The summed E-state index contributed by atoms with van der Waals surface area (Å²) in [6.45, 7) is 4.59. The molecule has 124 valence electrons. The van der Waals surface area contributed by atoms with Gasteiger partial charge in [0.2, 0.25) is 0 Å². The molecular formula is C13H26N2O5S. The van der Waals surface area contributed by atoms with Gasteiger partial charge in [0.15, 0.2) is 0 Å². The molecule has 1 aliphatic rings. The first-order valence-electron chi connectivity index (χ1n) is 7.46. The highest BCUT2D eigenvalue weighted by atomic mass is 32.2. The number of carbonyl (C=O) groups is 1. The summed E-state index contributed by atoms with van der Waals surface area (Å²) in [7, 11) is -3.57. The standard InChI is InChI=1S/C13H26N2O5S/c1-3-20-13(17)12-7-5-9-15(10-12)21(18,19)14-8-4-6-11(2)16/h11-12,14,16H,3-10H2,1-2H3. The molecule has 0 radical (unpaired) electrons. The summed E-state index contributed by atoms with van der Waals surface area (Å²) < 4.78 is 33.1. The Balaban J connectivity index is 2.48. The van der Waals surface area contributed by atoms with Crippen LogP contribution in [0.4, 0.5) is 0 Å². The maximum Gasteiger partial charge on any atom is 0.310 e. The van der Waals surface area contributed by atoms with Gasteiger partial charge >= 0.3 is 5.97 Å². The Kier molecular flexibility index (Phi) is 7.58. The molecule has 2 unspecified atom stereocenters. The Bertz CT molecular complexity index is 424. The first kappa shape index (κ1) is 18.3. The number of esters is 1. The molecule has 0 aromatic heterocycles. The number of nitrogens with zero attached hydrogens (tertiary/aromatic N) is 1. The Morgan fingerprint density at radius 2 is 2.24 bits per heavy atom. The van der Waals surface area contributed by atoms with E-state index in [1.807, 2.05) is 0 Å². The molecule has 0 spiro atoms. The molecule has 1 saturated heterocycles. The van der Waals surface area contributed by atoms with E-state index in [-0.39, 0.29) is 25.0 Å². The van der Waals surface area contributed by atoms with E-state index in [0.717, 1.165) is 0 Å². The molecule has 1 aliphatic heterocycles. The van der Waals surface area contributed by atoms with Crippen molar-refractivity contribution in [2.24, 2.45) is 5.92 Å². The lowest BCUT2D eigenvalue weighted by atomic mass is 10.0. The number of hydrogen-bond acceptors (Lipinski definition) is 5. The summed E-state index contributed by atoms with van der Waals surface area (Å²) in [4.78, 5) is 11.7. The second-order valence-corrected chi connectivity index (χ2v) is 7.10. The van der Waals surface area contributed by atoms with E-state index in [4.69, 9.17) is 9.84 Å². The lowest BCUT2D eigenvalue weighted by Gasteiger charge is -2.30. The molecule has 0 bridgehead atoms. The minimum atomic E-state index is -3.57. The molecule has 1 rings (SSSR count).